The normalized spacial score (nSPS) is 38.7. The predicted octanol–water partition coefficient (Wildman–Crippen LogP) is 2.62. The Balaban J connectivity index is 1.47. The van der Waals surface area contributed by atoms with Crippen molar-refractivity contribution in [1.82, 2.24) is 5.32 Å². The number of rotatable bonds is 3. The van der Waals surface area contributed by atoms with E-state index in [1.807, 2.05) is 0 Å². The molecule has 19 heavy (non-hydrogen) atoms. The lowest BCUT2D eigenvalue weighted by molar-refractivity contribution is -0.0845. The summed E-state index contributed by atoms with van der Waals surface area (Å²) in [5.74, 6) is 0.483. The molecule has 2 saturated carbocycles. The van der Waals surface area contributed by atoms with Crippen molar-refractivity contribution in [3.05, 3.63) is 0 Å². The van der Waals surface area contributed by atoms with Crippen LogP contribution in [0.15, 0.2) is 0 Å². The van der Waals surface area contributed by atoms with E-state index in [0.717, 1.165) is 26.0 Å². The molecule has 2 aliphatic carbocycles. The minimum absolute atomic E-state index is 0.0680. The second-order valence-corrected chi connectivity index (χ2v) is 6.95. The Bertz CT molecular complexity index is 288. The first-order valence-corrected chi connectivity index (χ1v) is 8.33. The van der Waals surface area contributed by atoms with Crippen LogP contribution in [-0.4, -0.2) is 36.0 Å². The van der Waals surface area contributed by atoms with E-state index < -0.39 is 0 Å². The summed E-state index contributed by atoms with van der Waals surface area (Å²) in [6.45, 7) is 1.92. The van der Waals surface area contributed by atoms with Crippen molar-refractivity contribution in [2.75, 3.05) is 13.2 Å². The number of aliphatic hydroxyl groups is 1. The first-order valence-electron chi connectivity index (χ1n) is 8.33. The number of nitrogens with one attached hydrogen (secondary N) is 1. The van der Waals surface area contributed by atoms with Crippen molar-refractivity contribution >= 4 is 0 Å². The molecule has 1 saturated heterocycles. The van der Waals surface area contributed by atoms with E-state index in [9.17, 15) is 5.11 Å². The van der Waals surface area contributed by atoms with Crippen LogP contribution in [0, 0.1) is 5.92 Å². The Hall–Kier alpha value is -0.120. The van der Waals surface area contributed by atoms with Crippen molar-refractivity contribution in [2.24, 2.45) is 5.92 Å². The summed E-state index contributed by atoms with van der Waals surface area (Å²) in [7, 11) is 0. The molecule has 1 heterocycles. The van der Waals surface area contributed by atoms with Gasteiger partial charge in [0.25, 0.3) is 0 Å². The summed E-state index contributed by atoms with van der Waals surface area (Å²) >= 11 is 0. The topological polar surface area (TPSA) is 41.5 Å². The largest absolute Gasteiger partial charge is 0.393 e. The van der Waals surface area contributed by atoms with Gasteiger partial charge in [-0.05, 0) is 44.4 Å². The molecule has 0 aromatic carbocycles. The molecule has 3 atom stereocenters. The molecule has 0 bridgehead atoms. The molecule has 3 aliphatic rings. The van der Waals surface area contributed by atoms with E-state index >= 15 is 0 Å². The quantitative estimate of drug-likeness (QED) is 0.826. The zero-order valence-electron chi connectivity index (χ0n) is 12.1. The fourth-order valence-corrected chi connectivity index (χ4v) is 4.31. The second kappa shape index (κ2) is 6.11. The maximum Gasteiger partial charge on any atom is 0.0697 e. The van der Waals surface area contributed by atoms with Crippen molar-refractivity contribution in [2.45, 2.75) is 82.0 Å². The molecule has 3 fully saturated rings. The average Bonchev–Trinajstić information content (AvgIpc) is 2.86. The van der Waals surface area contributed by atoms with Crippen LogP contribution in [0.5, 0.6) is 0 Å². The monoisotopic (exact) mass is 267 g/mol. The molecule has 3 unspecified atom stereocenters. The van der Waals surface area contributed by atoms with Crippen LogP contribution in [0.25, 0.3) is 0 Å². The zero-order chi connectivity index (χ0) is 13.1. The summed E-state index contributed by atoms with van der Waals surface area (Å²) in [6, 6.07) is 0.612. The fourth-order valence-electron chi connectivity index (χ4n) is 4.31. The number of aliphatic hydroxyl groups excluding tert-OH is 1. The van der Waals surface area contributed by atoms with E-state index in [2.05, 4.69) is 5.32 Å². The highest BCUT2D eigenvalue weighted by Crippen LogP contribution is 2.40. The molecule has 110 valence electrons. The van der Waals surface area contributed by atoms with Crippen LogP contribution in [0.2, 0.25) is 0 Å². The van der Waals surface area contributed by atoms with E-state index in [1.54, 1.807) is 0 Å². The third kappa shape index (κ3) is 3.32. The van der Waals surface area contributed by atoms with Crippen LogP contribution < -0.4 is 5.32 Å². The van der Waals surface area contributed by atoms with Gasteiger partial charge in [-0.25, -0.2) is 0 Å². The molecule has 3 heteroatoms. The Morgan fingerprint density at radius 1 is 1.05 bits per heavy atom. The average molecular weight is 267 g/mol. The zero-order valence-corrected chi connectivity index (χ0v) is 12.1. The lowest BCUT2D eigenvalue weighted by Crippen LogP contribution is -2.47. The van der Waals surface area contributed by atoms with Gasteiger partial charge >= 0.3 is 0 Å². The highest BCUT2D eigenvalue weighted by atomic mass is 16.5. The SMILES string of the molecule is OC1CCCCC1CNC1CCOC2(CCCC2)C1. The van der Waals surface area contributed by atoms with Crippen molar-refractivity contribution in [3.8, 4) is 0 Å². The van der Waals surface area contributed by atoms with Crippen LogP contribution in [0.4, 0.5) is 0 Å². The number of hydrogen-bond acceptors (Lipinski definition) is 3. The summed E-state index contributed by atoms with van der Waals surface area (Å²) in [6.07, 6.45) is 12.2. The van der Waals surface area contributed by atoms with Crippen molar-refractivity contribution in [1.29, 1.82) is 0 Å². The highest BCUT2D eigenvalue weighted by molar-refractivity contribution is 4.93. The van der Waals surface area contributed by atoms with Gasteiger partial charge in [0.05, 0.1) is 11.7 Å². The maximum absolute atomic E-state index is 10.0. The van der Waals surface area contributed by atoms with Gasteiger partial charge in [0.1, 0.15) is 0 Å². The van der Waals surface area contributed by atoms with Gasteiger partial charge in [0.15, 0.2) is 0 Å². The first-order chi connectivity index (χ1) is 9.27. The molecule has 3 nitrogen and oxygen atoms in total. The Kier molecular flexibility index (Phi) is 4.45. The van der Waals surface area contributed by atoms with Crippen LogP contribution in [-0.2, 0) is 4.74 Å². The van der Waals surface area contributed by atoms with Crippen LogP contribution in [0.3, 0.4) is 0 Å². The first kappa shape index (κ1) is 13.8. The van der Waals surface area contributed by atoms with Gasteiger partial charge in [-0.15, -0.1) is 0 Å². The van der Waals surface area contributed by atoms with E-state index in [0.29, 0.717) is 12.0 Å². The fraction of sp³-hybridized carbons (Fsp3) is 1.00. The molecule has 0 aromatic rings. The van der Waals surface area contributed by atoms with Crippen molar-refractivity contribution < 1.29 is 9.84 Å². The molecule has 2 N–H and O–H groups in total. The van der Waals surface area contributed by atoms with Gasteiger partial charge in [0, 0.05) is 19.2 Å². The second-order valence-electron chi connectivity index (χ2n) is 6.95. The van der Waals surface area contributed by atoms with E-state index in [1.165, 1.54) is 51.4 Å². The van der Waals surface area contributed by atoms with E-state index in [4.69, 9.17) is 4.74 Å². The van der Waals surface area contributed by atoms with Crippen molar-refractivity contribution in [3.63, 3.8) is 0 Å². The molecule has 0 amide bonds. The lowest BCUT2D eigenvalue weighted by atomic mass is 9.85. The molecule has 0 aromatic heterocycles. The summed E-state index contributed by atoms with van der Waals surface area (Å²) < 4.78 is 6.08. The Morgan fingerprint density at radius 2 is 1.84 bits per heavy atom. The maximum atomic E-state index is 10.0. The molecule has 1 aliphatic heterocycles. The van der Waals surface area contributed by atoms with Gasteiger partial charge < -0.3 is 15.2 Å². The van der Waals surface area contributed by atoms with Crippen LogP contribution in [0.1, 0.15) is 64.2 Å². The van der Waals surface area contributed by atoms with E-state index in [-0.39, 0.29) is 11.7 Å². The Labute approximate surface area is 117 Å². The molecule has 3 rings (SSSR count). The van der Waals surface area contributed by atoms with Crippen LogP contribution >= 0.6 is 0 Å². The molecular weight excluding hydrogens is 238 g/mol. The summed E-state index contributed by atoms with van der Waals surface area (Å²) in [5, 5.41) is 13.8. The standard InChI is InChI=1S/C16H29NO2/c18-15-6-2-1-5-13(15)12-17-14-7-10-19-16(11-14)8-3-4-9-16/h13-15,17-18H,1-12H2. The molecule has 0 radical (unpaired) electrons. The summed E-state index contributed by atoms with van der Waals surface area (Å²) in [4.78, 5) is 0. The van der Waals surface area contributed by atoms with Gasteiger partial charge in [0.2, 0.25) is 0 Å². The predicted molar refractivity (Wildman–Crippen MR) is 76.1 cm³/mol. The lowest BCUT2D eigenvalue weighted by Gasteiger charge is -2.39. The highest BCUT2D eigenvalue weighted by Gasteiger charge is 2.39. The summed E-state index contributed by atoms with van der Waals surface area (Å²) in [5.41, 5.74) is 0.209. The number of ether oxygens (including phenoxy) is 1. The minimum Gasteiger partial charge on any atom is -0.393 e. The molecule has 1 spiro atoms. The smallest absolute Gasteiger partial charge is 0.0697 e. The van der Waals surface area contributed by atoms with Gasteiger partial charge in [-0.1, -0.05) is 25.7 Å². The van der Waals surface area contributed by atoms with Gasteiger partial charge in [-0.2, -0.15) is 0 Å². The minimum atomic E-state index is -0.0680. The Morgan fingerprint density at radius 3 is 2.63 bits per heavy atom. The van der Waals surface area contributed by atoms with Gasteiger partial charge in [-0.3, -0.25) is 0 Å². The number of hydrogen-bond donors (Lipinski definition) is 2. The third-order valence-corrected chi connectivity index (χ3v) is 5.55. The molecular formula is C16H29NO2. The third-order valence-electron chi connectivity index (χ3n) is 5.55.